The maximum absolute atomic E-state index is 5.65. The van der Waals surface area contributed by atoms with Crippen LogP contribution in [-0.2, 0) is 4.74 Å². The summed E-state index contributed by atoms with van der Waals surface area (Å²) in [6, 6.07) is 4.21. The minimum absolute atomic E-state index is 0.125. The Bertz CT molecular complexity index is 329. The normalized spacial score (nSPS) is 12.5. The molecule has 0 amide bonds. The summed E-state index contributed by atoms with van der Waals surface area (Å²) in [4.78, 5) is 4.24. The van der Waals surface area contributed by atoms with Crippen molar-refractivity contribution in [1.82, 2.24) is 4.98 Å². The van der Waals surface area contributed by atoms with Crippen molar-refractivity contribution in [2.24, 2.45) is 0 Å². The summed E-state index contributed by atoms with van der Waals surface area (Å²) in [5.41, 5.74) is 0.935. The molecule has 1 atom stereocenters. The Kier molecular flexibility index (Phi) is 5.77. The first-order chi connectivity index (χ1) is 8.13. The Morgan fingerprint density at radius 2 is 2.12 bits per heavy atom. The summed E-state index contributed by atoms with van der Waals surface area (Å²) in [5.74, 6) is 0.659. The van der Waals surface area contributed by atoms with Gasteiger partial charge in [0, 0.05) is 26.0 Å². The van der Waals surface area contributed by atoms with Crippen molar-refractivity contribution in [2.45, 2.75) is 39.3 Å². The minimum Gasteiger partial charge on any atom is -0.473 e. The van der Waals surface area contributed by atoms with Gasteiger partial charge in [-0.3, -0.25) is 0 Å². The molecule has 0 fully saturated rings. The van der Waals surface area contributed by atoms with Crippen molar-refractivity contribution < 1.29 is 9.47 Å². The van der Waals surface area contributed by atoms with Crippen molar-refractivity contribution in [3.05, 3.63) is 18.3 Å². The molecule has 4 heteroatoms. The molecule has 4 nitrogen and oxygen atoms in total. The first-order valence-electron chi connectivity index (χ1n) is 6.00. The highest BCUT2D eigenvalue weighted by Crippen LogP contribution is 2.22. The van der Waals surface area contributed by atoms with E-state index in [9.17, 15) is 0 Å². The van der Waals surface area contributed by atoms with Crippen LogP contribution in [0.1, 0.15) is 27.2 Å². The SMILES string of the molecule is COCCC(C)Nc1cccnc1OC(C)C. The van der Waals surface area contributed by atoms with E-state index < -0.39 is 0 Å². The number of methoxy groups -OCH3 is 1. The molecule has 1 unspecified atom stereocenters. The number of hydrogen-bond acceptors (Lipinski definition) is 4. The van der Waals surface area contributed by atoms with Crippen LogP contribution in [0.25, 0.3) is 0 Å². The molecule has 0 saturated carbocycles. The van der Waals surface area contributed by atoms with Crippen LogP contribution in [0.15, 0.2) is 18.3 Å². The second-order valence-electron chi connectivity index (χ2n) is 4.35. The summed E-state index contributed by atoms with van der Waals surface area (Å²) in [6.45, 7) is 6.85. The van der Waals surface area contributed by atoms with Gasteiger partial charge in [0.2, 0.25) is 5.88 Å². The lowest BCUT2D eigenvalue weighted by molar-refractivity contribution is 0.191. The summed E-state index contributed by atoms with van der Waals surface area (Å²) in [7, 11) is 1.71. The Morgan fingerprint density at radius 3 is 2.76 bits per heavy atom. The maximum atomic E-state index is 5.65. The fraction of sp³-hybridized carbons (Fsp3) is 0.615. The molecular formula is C13H22N2O2. The Hall–Kier alpha value is -1.29. The van der Waals surface area contributed by atoms with E-state index in [1.807, 2.05) is 26.0 Å². The highest BCUT2D eigenvalue weighted by molar-refractivity contribution is 5.52. The van der Waals surface area contributed by atoms with E-state index in [0.29, 0.717) is 11.9 Å². The van der Waals surface area contributed by atoms with E-state index in [1.54, 1.807) is 13.3 Å². The van der Waals surface area contributed by atoms with E-state index >= 15 is 0 Å². The number of pyridine rings is 1. The monoisotopic (exact) mass is 238 g/mol. The van der Waals surface area contributed by atoms with Crippen LogP contribution in [0, 0.1) is 0 Å². The molecule has 0 aliphatic rings. The summed E-state index contributed by atoms with van der Waals surface area (Å²) >= 11 is 0. The number of nitrogens with zero attached hydrogens (tertiary/aromatic N) is 1. The third kappa shape index (κ3) is 5.04. The number of nitrogens with one attached hydrogen (secondary N) is 1. The number of ether oxygens (including phenoxy) is 2. The standard InChI is InChI=1S/C13H22N2O2/c1-10(2)17-13-12(6-5-8-14-13)15-11(3)7-9-16-4/h5-6,8,10-11,15H,7,9H2,1-4H3. The molecule has 0 aliphatic carbocycles. The summed E-state index contributed by atoms with van der Waals surface area (Å²) < 4.78 is 10.7. The number of aromatic nitrogens is 1. The predicted molar refractivity (Wildman–Crippen MR) is 69.6 cm³/mol. The quantitative estimate of drug-likeness (QED) is 0.793. The van der Waals surface area contributed by atoms with Gasteiger partial charge >= 0.3 is 0 Å². The van der Waals surface area contributed by atoms with Gasteiger partial charge in [0.1, 0.15) is 0 Å². The molecule has 0 spiro atoms. The first-order valence-corrected chi connectivity index (χ1v) is 6.00. The number of anilines is 1. The van der Waals surface area contributed by atoms with Crippen molar-refractivity contribution in [3.63, 3.8) is 0 Å². The van der Waals surface area contributed by atoms with Crippen LogP contribution >= 0.6 is 0 Å². The van der Waals surface area contributed by atoms with Gasteiger partial charge in [-0.05, 0) is 39.3 Å². The average molecular weight is 238 g/mol. The molecule has 17 heavy (non-hydrogen) atoms. The lowest BCUT2D eigenvalue weighted by Gasteiger charge is -2.18. The fourth-order valence-electron chi connectivity index (χ4n) is 1.45. The third-order valence-corrected chi connectivity index (χ3v) is 2.28. The van der Waals surface area contributed by atoms with Gasteiger partial charge in [0.25, 0.3) is 0 Å². The van der Waals surface area contributed by atoms with Crippen LogP contribution in [0.2, 0.25) is 0 Å². The minimum atomic E-state index is 0.125. The number of rotatable bonds is 7. The van der Waals surface area contributed by atoms with Gasteiger partial charge in [-0.15, -0.1) is 0 Å². The van der Waals surface area contributed by atoms with Crippen LogP contribution in [0.3, 0.4) is 0 Å². The van der Waals surface area contributed by atoms with Crippen molar-refractivity contribution in [1.29, 1.82) is 0 Å². The van der Waals surface area contributed by atoms with E-state index in [1.165, 1.54) is 0 Å². The van der Waals surface area contributed by atoms with Crippen LogP contribution in [0.5, 0.6) is 5.88 Å². The van der Waals surface area contributed by atoms with Gasteiger partial charge < -0.3 is 14.8 Å². The second kappa shape index (κ2) is 7.12. The van der Waals surface area contributed by atoms with Crippen LogP contribution in [0.4, 0.5) is 5.69 Å². The Balaban J connectivity index is 2.62. The second-order valence-corrected chi connectivity index (χ2v) is 4.35. The van der Waals surface area contributed by atoms with Gasteiger partial charge in [0.05, 0.1) is 11.8 Å². The summed E-state index contributed by atoms with van der Waals surface area (Å²) in [5, 5.41) is 3.38. The maximum Gasteiger partial charge on any atom is 0.237 e. The molecular weight excluding hydrogens is 216 g/mol. The zero-order valence-electron chi connectivity index (χ0n) is 11.1. The van der Waals surface area contributed by atoms with Gasteiger partial charge in [0.15, 0.2) is 0 Å². The molecule has 0 radical (unpaired) electrons. The smallest absolute Gasteiger partial charge is 0.237 e. The van der Waals surface area contributed by atoms with Gasteiger partial charge in [-0.2, -0.15) is 0 Å². The van der Waals surface area contributed by atoms with Crippen molar-refractivity contribution in [3.8, 4) is 5.88 Å². The van der Waals surface area contributed by atoms with Crippen LogP contribution in [-0.4, -0.2) is 30.8 Å². The molecule has 0 bridgehead atoms. The van der Waals surface area contributed by atoms with Crippen LogP contribution < -0.4 is 10.1 Å². The molecule has 1 rings (SSSR count). The van der Waals surface area contributed by atoms with E-state index in [-0.39, 0.29) is 6.10 Å². The van der Waals surface area contributed by atoms with Gasteiger partial charge in [-0.25, -0.2) is 4.98 Å². The lowest BCUT2D eigenvalue weighted by Crippen LogP contribution is -2.19. The molecule has 0 aromatic carbocycles. The third-order valence-electron chi connectivity index (χ3n) is 2.28. The molecule has 96 valence electrons. The lowest BCUT2D eigenvalue weighted by atomic mass is 10.2. The molecule has 0 aliphatic heterocycles. The Labute approximate surface area is 103 Å². The zero-order valence-corrected chi connectivity index (χ0v) is 11.1. The highest BCUT2D eigenvalue weighted by Gasteiger charge is 2.09. The predicted octanol–water partition coefficient (Wildman–Crippen LogP) is 2.71. The molecule has 1 aromatic heterocycles. The molecule has 1 N–H and O–H groups in total. The first kappa shape index (κ1) is 13.8. The van der Waals surface area contributed by atoms with E-state index in [0.717, 1.165) is 18.7 Å². The zero-order chi connectivity index (χ0) is 12.7. The van der Waals surface area contributed by atoms with Gasteiger partial charge in [-0.1, -0.05) is 0 Å². The molecule has 0 saturated heterocycles. The fourth-order valence-corrected chi connectivity index (χ4v) is 1.45. The van der Waals surface area contributed by atoms with Crippen molar-refractivity contribution >= 4 is 5.69 Å². The summed E-state index contributed by atoms with van der Waals surface area (Å²) in [6.07, 6.45) is 2.81. The topological polar surface area (TPSA) is 43.4 Å². The average Bonchev–Trinajstić information content (AvgIpc) is 2.28. The number of hydrogen-bond donors (Lipinski definition) is 1. The van der Waals surface area contributed by atoms with Crippen molar-refractivity contribution in [2.75, 3.05) is 19.0 Å². The molecule has 1 aromatic rings. The van der Waals surface area contributed by atoms with E-state index in [4.69, 9.17) is 9.47 Å². The largest absolute Gasteiger partial charge is 0.473 e. The highest BCUT2D eigenvalue weighted by atomic mass is 16.5. The van der Waals surface area contributed by atoms with E-state index in [2.05, 4.69) is 17.2 Å². The Morgan fingerprint density at radius 1 is 1.35 bits per heavy atom. The molecule has 1 heterocycles.